The summed E-state index contributed by atoms with van der Waals surface area (Å²) in [5, 5.41) is 2.86. The highest BCUT2D eigenvalue weighted by molar-refractivity contribution is 5.76. The van der Waals surface area contributed by atoms with Gasteiger partial charge in [-0.2, -0.15) is 0 Å². The summed E-state index contributed by atoms with van der Waals surface area (Å²) >= 11 is 0. The second-order valence-electron chi connectivity index (χ2n) is 6.14. The number of unbranched alkanes of at least 4 members (excludes halogenated alkanes) is 1. The maximum Gasteiger partial charge on any atom is 0.323 e. The molecular weight excluding hydrogens is 329 g/mol. The van der Waals surface area contributed by atoms with Crippen LogP contribution in [0, 0.1) is 0 Å². The third-order valence-electron chi connectivity index (χ3n) is 3.82. The second kappa shape index (κ2) is 12.0. The number of alkyl halides is 1. The molecule has 1 heterocycles. The van der Waals surface area contributed by atoms with Gasteiger partial charge in [0, 0.05) is 19.4 Å². The molecule has 0 saturated carbocycles. The first-order valence-electron chi connectivity index (χ1n) is 8.98. The van der Waals surface area contributed by atoms with Crippen molar-refractivity contribution in [1.82, 2.24) is 5.32 Å². The van der Waals surface area contributed by atoms with Crippen molar-refractivity contribution in [1.29, 1.82) is 0 Å². The van der Waals surface area contributed by atoms with Gasteiger partial charge in [-0.25, -0.2) is 4.39 Å². The number of esters is 2. The summed E-state index contributed by atoms with van der Waals surface area (Å²) in [6.45, 7) is 4.79. The van der Waals surface area contributed by atoms with Gasteiger partial charge in [0.1, 0.15) is 11.7 Å². The summed E-state index contributed by atoms with van der Waals surface area (Å²) in [5.74, 6) is -0.628. The Morgan fingerprint density at radius 1 is 1.28 bits per heavy atom. The molecule has 0 radical (unpaired) electrons. The Hall–Kier alpha value is -1.47. The Balaban J connectivity index is 2.16. The van der Waals surface area contributed by atoms with Crippen molar-refractivity contribution >= 4 is 11.9 Å². The lowest BCUT2D eigenvalue weighted by molar-refractivity contribution is -0.146. The van der Waals surface area contributed by atoms with Crippen LogP contribution in [0.2, 0.25) is 0 Å². The van der Waals surface area contributed by atoms with E-state index in [-0.39, 0.29) is 32.1 Å². The van der Waals surface area contributed by atoms with E-state index in [1.807, 2.05) is 13.0 Å². The van der Waals surface area contributed by atoms with Gasteiger partial charge >= 0.3 is 11.9 Å². The topological polar surface area (TPSA) is 73.9 Å². The van der Waals surface area contributed by atoms with Crippen molar-refractivity contribution in [2.45, 2.75) is 57.7 Å². The minimum atomic E-state index is -1.56. The summed E-state index contributed by atoms with van der Waals surface area (Å²) in [6, 6.07) is -0.606. The number of rotatable bonds is 12. The molecule has 0 spiro atoms. The molecule has 0 aliphatic carbocycles. The molecule has 144 valence electrons. The molecule has 0 aromatic heterocycles. The smallest absolute Gasteiger partial charge is 0.323 e. The summed E-state index contributed by atoms with van der Waals surface area (Å²) in [7, 11) is 0. The van der Waals surface area contributed by atoms with E-state index >= 15 is 0 Å². The molecular formula is C18H30FNO5. The molecule has 0 unspecified atom stereocenters. The van der Waals surface area contributed by atoms with Crippen LogP contribution >= 0.6 is 0 Å². The van der Waals surface area contributed by atoms with Crippen molar-refractivity contribution in [2.24, 2.45) is 0 Å². The molecule has 7 heteroatoms. The lowest BCUT2D eigenvalue weighted by Crippen LogP contribution is -2.32. The molecule has 6 nitrogen and oxygen atoms in total. The molecule has 1 aliphatic heterocycles. The molecule has 0 aromatic rings. The number of carbonyl (C=O) groups excluding carboxylic acids is 2. The number of hydrogen-bond acceptors (Lipinski definition) is 6. The van der Waals surface area contributed by atoms with E-state index in [1.54, 1.807) is 13.0 Å². The van der Waals surface area contributed by atoms with Crippen LogP contribution in [0.15, 0.2) is 12.2 Å². The molecule has 1 fully saturated rings. The van der Waals surface area contributed by atoms with Crippen molar-refractivity contribution in [3.63, 3.8) is 0 Å². The minimum absolute atomic E-state index is 0.0601. The fraction of sp³-hybridized carbons (Fsp3) is 0.778. The first kappa shape index (κ1) is 21.6. The Morgan fingerprint density at radius 3 is 2.80 bits per heavy atom. The predicted molar refractivity (Wildman–Crippen MR) is 91.9 cm³/mol. The quantitative estimate of drug-likeness (QED) is 0.327. The Labute approximate surface area is 149 Å². The zero-order valence-corrected chi connectivity index (χ0v) is 15.2. The monoisotopic (exact) mass is 359 g/mol. The highest BCUT2D eigenvalue weighted by atomic mass is 19.1. The molecule has 1 saturated heterocycles. The van der Waals surface area contributed by atoms with Gasteiger partial charge in [-0.05, 0) is 19.8 Å². The van der Waals surface area contributed by atoms with Crippen LogP contribution in [0.3, 0.4) is 0 Å². The third kappa shape index (κ3) is 8.97. The van der Waals surface area contributed by atoms with Crippen molar-refractivity contribution in [3.05, 3.63) is 12.2 Å². The van der Waals surface area contributed by atoms with E-state index < -0.39 is 17.7 Å². The highest BCUT2D eigenvalue weighted by Crippen LogP contribution is 2.25. The van der Waals surface area contributed by atoms with Crippen molar-refractivity contribution in [2.75, 3.05) is 33.0 Å². The lowest BCUT2D eigenvalue weighted by atomic mass is 10.0. The SMILES string of the molecule is CCCCOC(=O)[C@@H]1C[C@](F)(COC/C=C/CCC(=O)OCC)CN1. The lowest BCUT2D eigenvalue weighted by Gasteiger charge is -2.17. The fourth-order valence-electron chi connectivity index (χ4n) is 2.44. The predicted octanol–water partition coefficient (Wildman–Crippen LogP) is 2.32. The average Bonchev–Trinajstić information content (AvgIpc) is 2.97. The van der Waals surface area contributed by atoms with Gasteiger partial charge < -0.3 is 19.5 Å². The van der Waals surface area contributed by atoms with E-state index in [0.717, 1.165) is 12.8 Å². The van der Waals surface area contributed by atoms with Gasteiger partial charge in [-0.3, -0.25) is 9.59 Å². The standard InChI is InChI=1S/C18H30FNO5/c1-3-5-11-25-17(22)15-12-18(19,13-20-15)14-23-10-8-6-7-9-16(21)24-4-2/h6,8,15,20H,3-5,7,9-14H2,1-2H3/b8-6+/t15-,18+/m0/s1. The molecule has 2 atom stereocenters. The molecule has 1 aliphatic rings. The number of carbonyl (C=O) groups is 2. The maximum absolute atomic E-state index is 14.6. The Kier molecular flexibility index (Phi) is 10.3. The van der Waals surface area contributed by atoms with Crippen LogP contribution in [0.1, 0.15) is 46.0 Å². The summed E-state index contributed by atoms with van der Waals surface area (Å²) in [5.41, 5.74) is -1.56. The molecule has 1 N–H and O–H groups in total. The number of ether oxygens (including phenoxy) is 3. The number of hydrogen-bond donors (Lipinski definition) is 1. The molecule has 0 amide bonds. The zero-order chi connectivity index (χ0) is 18.5. The number of halogens is 1. The second-order valence-corrected chi connectivity index (χ2v) is 6.14. The number of allylic oxidation sites excluding steroid dienone is 1. The highest BCUT2D eigenvalue weighted by Gasteiger charge is 2.43. The Morgan fingerprint density at radius 2 is 2.08 bits per heavy atom. The molecule has 0 aromatic carbocycles. The molecule has 0 bridgehead atoms. The first-order valence-corrected chi connectivity index (χ1v) is 8.98. The molecule has 1 rings (SSSR count). The van der Waals surface area contributed by atoms with E-state index in [1.165, 1.54) is 0 Å². The Bertz CT molecular complexity index is 443. The van der Waals surface area contributed by atoms with Crippen molar-refractivity contribution in [3.8, 4) is 0 Å². The van der Waals surface area contributed by atoms with E-state index in [9.17, 15) is 14.0 Å². The summed E-state index contributed by atoms with van der Waals surface area (Å²) in [6.07, 6.45) is 6.26. The zero-order valence-electron chi connectivity index (χ0n) is 15.2. The molecule has 25 heavy (non-hydrogen) atoms. The van der Waals surface area contributed by atoms with E-state index in [0.29, 0.717) is 26.1 Å². The van der Waals surface area contributed by atoms with Gasteiger partial charge in [-0.15, -0.1) is 0 Å². The normalized spacial score (nSPS) is 23.1. The van der Waals surface area contributed by atoms with Crippen molar-refractivity contribution < 1.29 is 28.2 Å². The summed E-state index contributed by atoms with van der Waals surface area (Å²) < 4.78 is 29.8. The van der Waals surface area contributed by atoms with Crippen LogP contribution < -0.4 is 5.32 Å². The van der Waals surface area contributed by atoms with Crippen LogP contribution in [0.5, 0.6) is 0 Å². The minimum Gasteiger partial charge on any atom is -0.466 e. The fourth-order valence-corrected chi connectivity index (χ4v) is 2.44. The van der Waals surface area contributed by atoms with Crippen LogP contribution in [0.4, 0.5) is 4.39 Å². The van der Waals surface area contributed by atoms with Crippen LogP contribution in [0.25, 0.3) is 0 Å². The maximum atomic E-state index is 14.6. The van der Waals surface area contributed by atoms with E-state index in [4.69, 9.17) is 14.2 Å². The van der Waals surface area contributed by atoms with Gasteiger partial charge in [0.25, 0.3) is 0 Å². The van der Waals surface area contributed by atoms with Gasteiger partial charge in [0.15, 0.2) is 0 Å². The van der Waals surface area contributed by atoms with Crippen LogP contribution in [-0.4, -0.2) is 56.6 Å². The van der Waals surface area contributed by atoms with Gasteiger partial charge in [0.2, 0.25) is 0 Å². The number of nitrogens with one attached hydrogen (secondary N) is 1. The first-order chi connectivity index (χ1) is 12.0. The largest absolute Gasteiger partial charge is 0.466 e. The van der Waals surface area contributed by atoms with Gasteiger partial charge in [-0.1, -0.05) is 25.5 Å². The third-order valence-corrected chi connectivity index (χ3v) is 3.82. The van der Waals surface area contributed by atoms with E-state index in [2.05, 4.69) is 5.32 Å². The van der Waals surface area contributed by atoms with Gasteiger partial charge in [0.05, 0.1) is 26.4 Å². The average molecular weight is 359 g/mol. The summed E-state index contributed by atoms with van der Waals surface area (Å²) in [4.78, 5) is 23.0. The van der Waals surface area contributed by atoms with Crippen LogP contribution in [-0.2, 0) is 23.8 Å².